The van der Waals surface area contributed by atoms with Gasteiger partial charge in [-0.15, -0.1) is 0 Å². The minimum atomic E-state index is -3.29. The molecule has 1 saturated heterocycles. The molecule has 1 aliphatic rings. The molecule has 0 unspecified atom stereocenters. The van der Waals surface area contributed by atoms with Crippen LogP contribution >= 0.6 is 0 Å². The number of benzene rings is 3. The summed E-state index contributed by atoms with van der Waals surface area (Å²) >= 11 is 0. The van der Waals surface area contributed by atoms with Gasteiger partial charge in [0.2, 0.25) is 0 Å². The fourth-order valence-corrected chi connectivity index (χ4v) is 7.62. The summed E-state index contributed by atoms with van der Waals surface area (Å²) in [4.78, 5) is 7.69. The van der Waals surface area contributed by atoms with Gasteiger partial charge in [0.15, 0.2) is 9.84 Å². The largest absolute Gasteiger partial charge is 0.380 e. The Balaban J connectivity index is 1.22. The lowest BCUT2D eigenvalue weighted by Crippen LogP contribution is -2.50. The smallest absolute Gasteiger partial charge is 0.178 e. The molecule has 1 aromatic heterocycles. The van der Waals surface area contributed by atoms with Gasteiger partial charge in [0.1, 0.15) is 5.60 Å². The van der Waals surface area contributed by atoms with Gasteiger partial charge in [-0.3, -0.25) is 9.88 Å². The minimum absolute atomic E-state index is 0.0980. The zero-order chi connectivity index (χ0) is 29.8. The van der Waals surface area contributed by atoms with Crippen molar-refractivity contribution in [1.29, 1.82) is 0 Å². The van der Waals surface area contributed by atoms with Crippen molar-refractivity contribution in [3.05, 3.63) is 131 Å². The molecule has 2 heterocycles. The molecule has 0 aliphatic carbocycles. The van der Waals surface area contributed by atoms with Crippen LogP contribution in [0.5, 0.6) is 0 Å². The first-order valence-corrected chi connectivity index (χ1v) is 16.6. The SMILES string of the molecule is Cc1ccc(S(=O)(=O)CCCc2ccc(C(C)(C)N3CCC(C(O)(c4ccccc4)c4ccccc4)CC3)nc2)cc1. The van der Waals surface area contributed by atoms with E-state index in [0.717, 1.165) is 53.9 Å². The van der Waals surface area contributed by atoms with Crippen molar-refractivity contribution in [2.75, 3.05) is 18.8 Å². The molecule has 220 valence electrons. The predicted octanol–water partition coefficient (Wildman–Crippen LogP) is 6.68. The van der Waals surface area contributed by atoms with Crippen LogP contribution in [0.15, 0.2) is 108 Å². The molecule has 1 aliphatic heterocycles. The van der Waals surface area contributed by atoms with E-state index in [-0.39, 0.29) is 17.2 Å². The van der Waals surface area contributed by atoms with Crippen molar-refractivity contribution >= 4 is 9.84 Å². The number of rotatable bonds is 10. The van der Waals surface area contributed by atoms with Crippen LogP contribution in [-0.4, -0.2) is 42.3 Å². The first-order chi connectivity index (χ1) is 20.1. The Kier molecular flexibility index (Phi) is 8.97. The van der Waals surface area contributed by atoms with Gasteiger partial charge >= 0.3 is 0 Å². The second-order valence-corrected chi connectivity index (χ2v) is 14.2. The van der Waals surface area contributed by atoms with E-state index in [4.69, 9.17) is 4.98 Å². The second kappa shape index (κ2) is 12.5. The molecule has 3 aromatic carbocycles. The Hall–Kier alpha value is -3.32. The molecule has 0 spiro atoms. The molecular formula is C36H42N2O3S. The fraction of sp³-hybridized carbons (Fsp3) is 0.361. The van der Waals surface area contributed by atoms with Crippen molar-refractivity contribution in [3.63, 3.8) is 0 Å². The van der Waals surface area contributed by atoms with Crippen LogP contribution < -0.4 is 0 Å². The van der Waals surface area contributed by atoms with Crippen molar-refractivity contribution in [2.24, 2.45) is 5.92 Å². The highest BCUT2D eigenvalue weighted by molar-refractivity contribution is 7.91. The average Bonchev–Trinajstić information content (AvgIpc) is 3.02. The molecule has 4 aromatic rings. The highest BCUT2D eigenvalue weighted by Crippen LogP contribution is 2.43. The standard InChI is InChI=1S/C36H42N2O3S/c1-28-16-19-33(20-17-28)42(40,41)26-10-11-29-18-21-34(37-27-29)35(2,3)38-24-22-32(23-25-38)36(39,30-12-6-4-7-13-30)31-14-8-5-9-15-31/h4-9,12-21,27,32,39H,10-11,22-26H2,1-3H3. The van der Waals surface area contributed by atoms with Gasteiger partial charge < -0.3 is 5.11 Å². The summed E-state index contributed by atoms with van der Waals surface area (Å²) in [7, 11) is -3.29. The van der Waals surface area contributed by atoms with Crippen molar-refractivity contribution in [1.82, 2.24) is 9.88 Å². The highest BCUT2D eigenvalue weighted by atomic mass is 32.2. The van der Waals surface area contributed by atoms with Gasteiger partial charge in [-0.1, -0.05) is 84.4 Å². The Morgan fingerprint density at radius 3 is 1.93 bits per heavy atom. The molecule has 0 saturated carbocycles. The van der Waals surface area contributed by atoms with Crippen LogP contribution in [-0.2, 0) is 27.4 Å². The van der Waals surface area contributed by atoms with Crippen molar-refractivity contribution < 1.29 is 13.5 Å². The second-order valence-electron chi connectivity index (χ2n) is 12.1. The summed E-state index contributed by atoms with van der Waals surface area (Å²) in [5.74, 6) is 0.220. The number of hydrogen-bond donors (Lipinski definition) is 1. The van der Waals surface area contributed by atoms with E-state index in [0.29, 0.717) is 17.7 Å². The maximum atomic E-state index is 12.7. The van der Waals surface area contributed by atoms with Gasteiger partial charge in [-0.05, 0) is 100 Å². The number of nitrogens with zero attached hydrogens (tertiary/aromatic N) is 2. The summed E-state index contributed by atoms with van der Waals surface area (Å²) in [6.45, 7) is 8.10. The van der Waals surface area contributed by atoms with Crippen LogP contribution in [0.3, 0.4) is 0 Å². The summed E-state index contributed by atoms with van der Waals surface area (Å²) < 4.78 is 25.4. The summed E-state index contributed by atoms with van der Waals surface area (Å²) in [6, 6.07) is 31.3. The van der Waals surface area contributed by atoms with E-state index in [1.54, 1.807) is 12.1 Å². The molecule has 1 N–H and O–H groups in total. The Morgan fingerprint density at radius 2 is 1.40 bits per heavy atom. The van der Waals surface area contributed by atoms with E-state index < -0.39 is 15.4 Å². The number of hydrogen-bond acceptors (Lipinski definition) is 5. The number of likely N-dealkylation sites (tertiary alicyclic amines) is 1. The van der Waals surface area contributed by atoms with Crippen LogP contribution in [0.1, 0.15) is 61.1 Å². The Bertz CT molecular complexity index is 1500. The first kappa shape index (κ1) is 30.1. The molecular weight excluding hydrogens is 540 g/mol. The van der Waals surface area contributed by atoms with Gasteiger partial charge in [0, 0.05) is 6.20 Å². The molecule has 1 fully saturated rings. The maximum absolute atomic E-state index is 12.7. The molecule has 0 atom stereocenters. The zero-order valence-corrected chi connectivity index (χ0v) is 25.7. The number of piperidine rings is 1. The normalized spacial score (nSPS) is 15.5. The topological polar surface area (TPSA) is 70.5 Å². The zero-order valence-electron chi connectivity index (χ0n) is 24.9. The third kappa shape index (κ3) is 6.36. The van der Waals surface area contributed by atoms with Crippen molar-refractivity contribution in [3.8, 4) is 0 Å². The fourth-order valence-electron chi connectivity index (χ4n) is 6.30. The lowest BCUT2D eigenvalue weighted by molar-refractivity contribution is -0.0319. The van der Waals surface area contributed by atoms with Crippen LogP contribution in [0, 0.1) is 12.8 Å². The molecule has 0 radical (unpaired) electrons. The van der Waals surface area contributed by atoms with Crippen molar-refractivity contribution in [2.45, 2.75) is 62.5 Å². The van der Waals surface area contributed by atoms with Gasteiger partial charge in [0.05, 0.1) is 21.9 Å². The number of sulfone groups is 1. The summed E-state index contributed by atoms with van der Waals surface area (Å²) in [6.07, 6.45) is 4.86. The molecule has 0 amide bonds. The molecule has 5 nitrogen and oxygen atoms in total. The lowest BCUT2D eigenvalue weighted by atomic mass is 9.71. The maximum Gasteiger partial charge on any atom is 0.178 e. The van der Waals surface area contributed by atoms with E-state index >= 15 is 0 Å². The van der Waals surface area contributed by atoms with Gasteiger partial charge in [0.25, 0.3) is 0 Å². The van der Waals surface area contributed by atoms with E-state index in [1.807, 2.05) is 85.9 Å². The average molecular weight is 583 g/mol. The molecule has 6 heteroatoms. The number of aromatic nitrogens is 1. The number of pyridine rings is 1. The third-order valence-electron chi connectivity index (χ3n) is 9.01. The molecule has 0 bridgehead atoms. The van der Waals surface area contributed by atoms with Gasteiger partial charge in [-0.25, -0.2) is 8.42 Å². The van der Waals surface area contributed by atoms with Crippen LogP contribution in [0.2, 0.25) is 0 Å². The summed E-state index contributed by atoms with van der Waals surface area (Å²) in [5, 5.41) is 12.2. The number of aliphatic hydroxyl groups is 1. The van der Waals surface area contributed by atoms with Gasteiger partial charge in [-0.2, -0.15) is 0 Å². The van der Waals surface area contributed by atoms with E-state index in [1.165, 1.54) is 0 Å². The van der Waals surface area contributed by atoms with E-state index in [2.05, 4.69) is 30.9 Å². The minimum Gasteiger partial charge on any atom is -0.380 e. The number of aryl methyl sites for hydroxylation is 2. The highest BCUT2D eigenvalue weighted by Gasteiger charge is 2.43. The third-order valence-corrected chi connectivity index (χ3v) is 10.8. The Labute approximate surface area is 251 Å². The first-order valence-electron chi connectivity index (χ1n) is 14.9. The lowest BCUT2D eigenvalue weighted by Gasteiger charge is -2.47. The predicted molar refractivity (Wildman–Crippen MR) is 169 cm³/mol. The summed E-state index contributed by atoms with van der Waals surface area (Å²) in [5.41, 5.74) is 3.67. The molecule has 42 heavy (non-hydrogen) atoms. The monoisotopic (exact) mass is 582 g/mol. The van der Waals surface area contributed by atoms with Crippen LogP contribution in [0.25, 0.3) is 0 Å². The van der Waals surface area contributed by atoms with E-state index in [9.17, 15) is 13.5 Å². The Morgan fingerprint density at radius 1 is 0.833 bits per heavy atom. The quantitative estimate of drug-likeness (QED) is 0.226. The van der Waals surface area contributed by atoms with Crippen LogP contribution in [0.4, 0.5) is 0 Å². The molecule has 5 rings (SSSR count).